The molecule has 120 valence electrons. The summed E-state index contributed by atoms with van der Waals surface area (Å²) in [5, 5.41) is 8.86. The van der Waals surface area contributed by atoms with Gasteiger partial charge in [0, 0.05) is 26.6 Å². The van der Waals surface area contributed by atoms with Crippen LogP contribution in [0.3, 0.4) is 0 Å². The molecule has 0 spiro atoms. The first-order valence-electron chi connectivity index (χ1n) is 7.11. The quantitative estimate of drug-likeness (QED) is 0.608. The van der Waals surface area contributed by atoms with Crippen molar-refractivity contribution in [2.75, 3.05) is 20.1 Å². The van der Waals surface area contributed by atoms with E-state index in [9.17, 15) is 13.2 Å². The molecule has 1 unspecified atom stereocenters. The highest BCUT2D eigenvalue weighted by Crippen LogP contribution is 2.15. The first kappa shape index (κ1) is 19.3. The van der Waals surface area contributed by atoms with E-state index >= 15 is 0 Å². The average Bonchev–Trinajstić information content (AvgIpc) is 2.31. The first-order chi connectivity index (χ1) is 9.19. The molecule has 2 N–H and O–H groups in total. The van der Waals surface area contributed by atoms with Gasteiger partial charge in [-0.15, -0.1) is 0 Å². The Balaban J connectivity index is 4.47. The zero-order valence-electron chi connectivity index (χ0n) is 12.9. The minimum atomic E-state index is -3.51. The van der Waals surface area contributed by atoms with Crippen molar-refractivity contribution in [1.29, 1.82) is 0 Å². The topological polar surface area (TPSA) is 86.7 Å². The van der Waals surface area contributed by atoms with Gasteiger partial charge in [-0.1, -0.05) is 27.2 Å². The van der Waals surface area contributed by atoms with Gasteiger partial charge in [0.25, 0.3) is 10.2 Å². The van der Waals surface area contributed by atoms with E-state index in [0.29, 0.717) is 18.9 Å². The molecule has 20 heavy (non-hydrogen) atoms. The molecule has 1 atom stereocenters. The highest BCUT2D eigenvalue weighted by molar-refractivity contribution is 7.87. The number of nitrogens with one attached hydrogen (secondary N) is 1. The first-order valence-corrected chi connectivity index (χ1v) is 8.55. The van der Waals surface area contributed by atoms with Crippen molar-refractivity contribution in [3.05, 3.63) is 0 Å². The lowest BCUT2D eigenvalue weighted by atomic mass is 9.94. The Hall–Kier alpha value is -0.660. The third-order valence-electron chi connectivity index (χ3n) is 3.06. The van der Waals surface area contributed by atoms with Crippen molar-refractivity contribution in [1.82, 2.24) is 9.03 Å². The van der Waals surface area contributed by atoms with Crippen LogP contribution < -0.4 is 4.72 Å². The van der Waals surface area contributed by atoms with E-state index in [0.717, 1.165) is 12.8 Å². The lowest BCUT2D eigenvalue weighted by Gasteiger charge is -2.21. The summed E-state index contributed by atoms with van der Waals surface area (Å²) in [5.41, 5.74) is 0. The van der Waals surface area contributed by atoms with Crippen LogP contribution in [0.1, 0.15) is 46.5 Å². The molecule has 0 saturated heterocycles. The SMILES string of the molecule is CCCCN(C)S(=O)(=O)NCC(CC(=O)O)CC(C)C. The average molecular weight is 308 g/mol. The zero-order valence-corrected chi connectivity index (χ0v) is 13.7. The van der Waals surface area contributed by atoms with E-state index in [-0.39, 0.29) is 18.9 Å². The Morgan fingerprint density at radius 3 is 2.40 bits per heavy atom. The van der Waals surface area contributed by atoms with Crippen LogP contribution in [0, 0.1) is 11.8 Å². The molecule has 0 aromatic heterocycles. The second kappa shape index (κ2) is 9.31. The number of unbranched alkanes of at least 4 members (excludes halogenated alkanes) is 1. The summed E-state index contributed by atoms with van der Waals surface area (Å²) in [7, 11) is -1.97. The predicted octanol–water partition coefficient (Wildman–Crippen LogP) is 1.69. The van der Waals surface area contributed by atoms with Crippen molar-refractivity contribution in [3.63, 3.8) is 0 Å². The normalized spacial score (nSPS) is 13.9. The van der Waals surface area contributed by atoms with Crippen molar-refractivity contribution in [2.45, 2.75) is 46.5 Å². The van der Waals surface area contributed by atoms with Crippen LogP contribution in [-0.2, 0) is 15.0 Å². The number of carboxylic acids is 1. The van der Waals surface area contributed by atoms with Crippen molar-refractivity contribution < 1.29 is 18.3 Å². The fourth-order valence-electron chi connectivity index (χ4n) is 1.99. The third kappa shape index (κ3) is 8.50. The molecular formula is C13H28N2O4S. The lowest BCUT2D eigenvalue weighted by molar-refractivity contribution is -0.138. The van der Waals surface area contributed by atoms with E-state index in [4.69, 9.17) is 5.11 Å². The molecule has 0 aromatic rings. The summed E-state index contributed by atoms with van der Waals surface area (Å²) in [4.78, 5) is 10.8. The maximum Gasteiger partial charge on any atom is 0.303 e. The molecule has 0 aromatic carbocycles. The summed E-state index contributed by atoms with van der Waals surface area (Å²) >= 11 is 0. The van der Waals surface area contributed by atoms with E-state index < -0.39 is 16.2 Å². The van der Waals surface area contributed by atoms with Gasteiger partial charge in [-0.05, 0) is 24.7 Å². The zero-order chi connectivity index (χ0) is 15.8. The van der Waals surface area contributed by atoms with Crippen LogP contribution in [0.25, 0.3) is 0 Å². The second-order valence-electron chi connectivity index (χ2n) is 5.62. The number of carbonyl (C=O) groups is 1. The Kier molecular flexibility index (Phi) is 9.00. The highest BCUT2D eigenvalue weighted by atomic mass is 32.2. The summed E-state index contributed by atoms with van der Waals surface area (Å²) in [6, 6.07) is 0. The molecule has 0 saturated carbocycles. The van der Waals surface area contributed by atoms with Crippen LogP contribution in [0.5, 0.6) is 0 Å². The molecule has 0 aliphatic heterocycles. The molecule has 0 aliphatic rings. The summed E-state index contributed by atoms with van der Waals surface area (Å²) in [6.45, 7) is 6.63. The molecule has 0 rings (SSSR count). The number of nitrogens with zero attached hydrogens (tertiary/aromatic N) is 1. The lowest BCUT2D eigenvalue weighted by Crippen LogP contribution is -2.41. The van der Waals surface area contributed by atoms with Crippen LogP contribution in [-0.4, -0.2) is 43.9 Å². The fraction of sp³-hybridized carbons (Fsp3) is 0.923. The van der Waals surface area contributed by atoms with Crippen LogP contribution in [0.2, 0.25) is 0 Å². The van der Waals surface area contributed by atoms with Gasteiger partial charge in [0.05, 0.1) is 0 Å². The Morgan fingerprint density at radius 1 is 1.35 bits per heavy atom. The standard InChI is InChI=1S/C13H28N2O4S/c1-5-6-7-15(4)20(18,19)14-10-12(8-11(2)3)9-13(16)17/h11-12,14H,5-10H2,1-4H3,(H,16,17). The fourth-order valence-corrected chi connectivity index (χ4v) is 3.02. The van der Waals surface area contributed by atoms with Gasteiger partial charge in [-0.25, -0.2) is 4.72 Å². The summed E-state index contributed by atoms with van der Waals surface area (Å²) in [5.74, 6) is -0.738. The number of aliphatic carboxylic acids is 1. The van der Waals surface area contributed by atoms with E-state index in [2.05, 4.69) is 4.72 Å². The largest absolute Gasteiger partial charge is 0.481 e. The van der Waals surface area contributed by atoms with Gasteiger partial charge in [0.2, 0.25) is 0 Å². The van der Waals surface area contributed by atoms with Crippen LogP contribution in [0.15, 0.2) is 0 Å². The van der Waals surface area contributed by atoms with Gasteiger partial charge < -0.3 is 5.11 Å². The molecule has 0 aliphatic carbocycles. The van der Waals surface area contributed by atoms with Gasteiger partial charge in [-0.3, -0.25) is 4.79 Å². The number of carboxylic acid groups (broad SMARTS) is 1. The minimum absolute atomic E-state index is 0.0145. The molecule has 7 heteroatoms. The number of hydrogen-bond donors (Lipinski definition) is 2. The smallest absolute Gasteiger partial charge is 0.303 e. The molecular weight excluding hydrogens is 280 g/mol. The number of rotatable bonds is 11. The molecule has 0 bridgehead atoms. The second-order valence-corrected chi connectivity index (χ2v) is 7.48. The Morgan fingerprint density at radius 2 is 1.95 bits per heavy atom. The van der Waals surface area contributed by atoms with Crippen molar-refractivity contribution in [3.8, 4) is 0 Å². The predicted molar refractivity (Wildman–Crippen MR) is 79.7 cm³/mol. The maximum atomic E-state index is 12.0. The Labute approximate surface area is 122 Å². The van der Waals surface area contributed by atoms with Gasteiger partial charge in [0.15, 0.2) is 0 Å². The van der Waals surface area contributed by atoms with Gasteiger partial charge in [-0.2, -0.15) is 12.7 Å². The molecule has 0 heterocycles. The van der Waals surface area contributed by atoms with Crippen molar-refractivity contribution >= 4 is 16.2 Å². The van der Waals surface area contributed by atoms with E-state index in [1.807, 2.05) is 20.8 Å². The van der Waals surface area contributed by atoms with Crippen molar-refractivity contribution in [2.24, 2.45) is 11.8 Å². The molecule has 0 amide bonds. The maximum absolute atomic E-state index is 12.0. The van der Waals surface area contributed by atoms with E-state index in [1.165, 1.54) is 11.4 Å². The Bertz CT molecular complexity index is 382. The van der Waals surface area contributed by atoms with E-state index in [1.54, 1.807) is 0 Å². The summed E-state index contributed by atoms with van der Waals surface area (Å²) in [6.07, 6.45) is 2.41. The molecule has 6 nitrogen and oxygen atoms in total. The highest BCUT2D eigenvalue weighted by Gasteiger charge is 2.21. The van der Waals surface area contributed by atoms with Gasteiger partial charge >= 0.3 is 5.97 Å². The minimum Gasteiger partial charge on any atom is -0.481 e. The third-order valence-corrected chi connectivity index (χ3v) is 4.59. The van der Waals surface area contributed by atoms with Crippen LogP contribution in [0.4, 0.5) is 0 Å². The number of hydrogen-bond acceptors (Lipinski definition) is 3. The monoisotopic (exact) mass is 308 g/mol. The summed E-state index contributed by atoms with van der Waals surface area (Å²) < 4.78 is 27.8. The van der Waals surface area contributed by atoms with Crippen LogP contribution >= 0.6 is 0 Å². The molecule has 0 fully saturated rings. The molecule has 0 radical (unpaired) electrons. The van der Waals surface area contributed by atoms with Gasteiger partial charge in [0.1, 0.15) is 0 Å².